The summed E-state index contributed by atoms with van der Waals surface area (Å²) >= 11 is 0. The molecule has 2 aromatic rings. The molecule has 0 bridgehead atoms. The van der Waals surface area contributed by atoms with Crippen LogP contribution in [0.1, 0.15) is 12.0 Å². The van der Waals surface area contributed by atoms with Crippen molar-refractivity contribution in [2.45, 2.75) is 12.8 Å². The first-order valence-electron chi connectivity index (χ1n) is 8.45. The second-order valence-corrected chi connectivity index (χ2v) is 5.89. The number of pyridine rings is 1. The molecule has 0 radical (unpaired) electrons. The van der Waals surface area contributed by atoms with Gasteiger partial charge in [0, 0.05) is 24.8 Å². The molecule has 1 N–H and O–H groups in total. The minimum absolute atomic E-state index is 0.0629. The standard InChI is InChI=1S/C19H24N2O3/c22-11-13-23-12-7-16-4-1-5-17(14-16)18-6-2-8-20-19(18)24-15-21-9-3-10-21/h1-2,4-6,8,14,22H,3,7,9-13,15H2. The first-order valence-corrected chi connectivity index (χ1v) is 8.45. The van der Waals surface area contributed by atoms with Gasteiger partial charge in [-0.3, -0.25) is 4.90 Å². The Balaban J connectivity index is 1.68. The maximum atomic E-state index is 8.75. The summed E-state index contributed by atoms with van der Waals surface area (Å²) in [6.07, 6.45) is 3.83. The van der Waals surface area contributed by atoms with E-state index < -0.39 is 0 Å². The van der Waals surface area contributed by atoms with Crippen LogP contribution >= 0.6 is 0 Å². The lowest BCUT2D eigenvalue weighted by atomic mass is 10.0. The molecule has 3 rings (SSSR count). The molecule has 24 heavy (non-hydrogen) atoms. The summed E-state index contributed by atoms with van der Waals surface area (Å²) in [5.41, 5.74) is 3.31. The van der Waals surface area contributed by atoms with Crippen LogP contribution in [0, 0.1) is 0 Å². The van der Waals surface area contributed by atoms with Crippen LogP contribution in [-0.2, 0) is 11.2 Å². The molecule has 0 saturated carbocycles. The molecule has 1 aromatic heterocycles. The summed E-state index contributed by atoms with van der Waals surface area (Å²) in [7, 11) is 0. The maximum absolute atomic E-state index is 8.75. The predicted octanol–water partition coefficient (Wildman–Crippen LogP) is 2.34. The number of hydrogen-bond acceptors (Lipinski definition) is 5. The van der Waals surface area contributed by atoms with Crippen LogP contribution in [0.3, 0.4) is 0 Å². The van der Waals surface area contributed by atoms with Crippen LogP contribution in [0.5, 0.6) is 5.88 Å². The zero-order valence-electron chi connectivity index (χ0n) is 13.9. The average Bonchev–Trinajstić information content (AvgIpc) is 2.58. The number of hydrogen-bond donors (Lipinski definition) is 1. The van der Waals surface area contributed by atoms with Crippen molar-refractivity contribution < 1.29 is 14.6 Å². The summed E-state index contributed by atoms with van der Waals surface area (Å²) in [4.78, 5) is 6.66. The number of nitrogens with zero attached hydrogens (tertiary/aromatic N) is 2. The highest BCUT2D eigenvalue weighted by Crippen LogP contribution is 2.28. The zero-order valence-corrected chi connectivity index (χ0v) is 13.9. The fourth-order valence-electron chi connectivity index (χ4n) is 2.64. The molecule has 5 heteroatoms. The van der Waals surface area contributed by atoms with Crippen LogP contribution in [0.15, 0.2) is 42.6 Å². The molecule has 1 fully saturated rings. The number of rotatable bonds is 9. The largest absolute Gasteiger partial charge is 0.461 e. The summed E-state index contributed by atoms with van der Waals surface area (Å²) in [6.45, 7) is 3.86. The number of ether oxygens (including phenoxy) is 2. The van der Waals surface area contributed by atoms with Crippen molar-refractivity contribution in [1.29, 1.82) is 0 Å². The van der Waals surface area contributed by atoms with E-state index in [0.29, 0.717) is 25.8 Å². The molecule has 0 atom stereocenters. The Morgan fingerprint density at radius 3 is 2.83 bits per heavy atom. The molecular weight excluding hydrogens is 304 g/mol. The fourth-order valence-corrected chi connectivity index (χ4v) is 2.64. The van der Waals surface area contributed by atoms with Gasteiger partial charge in [-0.2, -0.15) is 0 Å². The number of benzene rings is 1. The van der Waals surface area contributed by atoms with E-state index in [2.05, 4.69) is 28.1 Å². The second kappa shape index (κ2) is 8.78. The third-order valence-corrected chi connectivity index (χ3v) is 4.11. The van der Waals surface area contributed by atoms with Crippen LogP contribution in [-0.4, -0.2) is 54.6 Å². The molecule has 1 aliphatic rings. The van der Waals surface area contributed by atoms with Crippen molar-refractivity contribution in [3.8, 4) is 17.0 Å². The quantitative estimate of drug-likeness (QED) is 0.716. The summed E-state index contributed by atoms with van der Waals surface area (Å²) in [5, 5.41) is 8.75. The second-order valence-electron chi connectivity index (χ2n) is 5.89. The average molecular weight is 328 g/mol. The zero-order chi connectivity index (χ0) is 16.6. The molecule has 0 unspecified atom stereocenters. The van der Waals surface area contributed by atoms with Crippen molar-refractivity contribution >= 4 is 0 Å². The molecule has 1 aliphatic heterocycles. The summed E-state index contributed by atoms with van der Waals surface area (Å²) < 4.78 is 11.3. The lowest BCUT2D eigenvalue weighted by Gasteiger charge is -2.30. The Labute approximate surface area is 142 Å². The van der Waals surface area contributed by atoms with Crippen molar-refractivity contribution in [3.05, 3.63) is 48.2 Å². The van der Waals surface area contributed by atoms with Gasteiger partial charge < -0.3 is 14.6 Å². The van der Waals surface area contributed by atoms with Crippen LogP contribution in [0.4, 0.5) is 0 Å². The molecule has 0 aliphatic carbocycles. The van der Waals surface area contributed by atoms with E-state index in [9.17, 15) is 0 Å². The first-order chi connectivity index (χ1) is 11.9. The lowest BCUT2D eigenvalue weighted by molar-refractivity contribution is 0.0705. The van der Waals surface area contributed by atoms with Gasteiger partial charge in [0.1, 0.15) is 6.73 Å². The minimum Gasteiger partial charge on any atom is -0.461 e. The van der Waals surface area contributed by atoms with E-state index in [4.69, 9.17) is 14.6 Å². The summed E-state index contributed by atoms with van der Waals surface area (Å²) in [5.74, 6) is 0.679. The minimum atomic E-state index is 0.0629. The molecule has 0 amide bonds. The van der Waals surface area contributed by atoms with Crippen molar-refractivity contribution in [1.82, 2.24) is 9.88 Å². The molecule has 1 aromatic carbocycles. The number of aliphatic hydroxyl groups excluding tert-OH is 1. The van der Waals surface area contributed by atoms with Gasteiger partial charge in [-0.05, 0) is 36.1 Å². The van der Waals surface area contributed by atoms with Crippen LogP contribution in [0.2, 0.25) is 0 Å². The third kappa shape index (κ3) is 4.54. The molecule has 2 heterocycles. The van der Waals surface area contributed by atoms with Crippen molar-refractivity contribution in [2.75, 3.05) is 39.6 Å². The highest BCUT2D eigenvalue weighted by Gasteiger charge is 2.15. The lowest BCUT2D eigenvalue weighted by Crippen LogP contribution is -2.39. The number of aliphatic hydroxyl groups is 1. The monoisotopic (exact) mass is 328 g/mol. The third-order valence-electron chi connectivity index (χ3n) is 4.11. The fraction of sp³-hybridized carbons (Fsp3) is 0.421. The van der Waals surface area contributed by atoms with E-state index in [1.807, 2.05) is 18.2 Å². The van der Waals surface area contributed by atoms with Crippen molar-refractivity contribution in [2.24, 2.45) is 0 Å². The van der Waals surface area contributed by atoms with E-state index in [1.54, 1.807) is 6.20 Å². The molecule has 128 valence electrons. The molecular formula is C19H24N2O3. The smallest absolute Gasteiger partial charge is 0.222 e. The Kier molecular flexibility index (Phi) is 6.18. The van der Waals surface area contributed by atoms with Gasteiger partial charge in [0.2, 0.25) is 5.88 Å². The highest BCUT2D eigenvalue weighted by molar-refractivity contribution is 5.69. The van der Waals surface area contributed by atoms with Gasteiger partial charge >= 0.3 is 0 Å². The van der Waals surface area contributed by atoms with Crippen LogP contribution in [0.25, 0.3) is 11.1 Å². The first kappa shape index (κ1) is 16.9. The molecule has 0 spiro atoms. The normalized spacial score (nSPS) is 14.4. The van der Waals surface area contributed by atoms with E-state index in [-0.39, 0.29) is 6.61 Å². The van der Waals surface area contributed by atoms with Gasteiger partial charge in [-0.15, -0.1) is 0 Å². The van der Waals surface area contributed by atoms with Gasteiger partial charge in [0.15, 0.2) is 0 Å². The molecule has 5 nitrogen and oxygen atoms in total. The van der Waals surface area contributed by atoms with Crippen molar-refractivity contribution in [3.63, 3.8) is 0 Å². The summed E-state index contributed by atoms with van der Waals surface area (Å²) in [6, 6.07) is 12.3. The SMILES string of the molecule is OCCOCCc1cccc(-c2cccnc2OCN2CCC2)c1. The van der Waals surface area contributed by atoms with E-state index in [1.165, 1.54) is 12.0 Å². The number of aromatic nitrogens is 1. The highest BCUT2D eigenvalue weighted by atomic mass is 16.5. The Hall–Kier alpha value is -1.95. The topological polar surface area (TPSA) is 54.8 Å². The Morgan fingerprint density at radius 1 is 1.12 bits per heavy atom. The maximum Gasteiger partial charge on any atom is 0.222 e. The Morgan fingerprint density at radius 2 is 2.04 bits per heavy atom. The van der Waals surface area contributed by atoms with Crippen LogP contribution < -0.4 is 4.74 Å². The number of likely N-dealkylation sites (tertiary alicyclic amines) is 1. The van der Waals surface area contributed by atoms with E-state index in [0.717, 1.165) is 30.6 Å². The van der Waals surface area contributed by atoms with E-state index >= 15 is 0 Å². The van der Waals surface area contributed by atoms with Gasteiger partial charge in [0.25, 0.3) is 0 Å². The van der Waals surface area contributed by atoms with Gasteiger partial charge in [-0.25, -0.2) is 4.98 Å². The van der Waals surface area contributed by atoms with Gasteiger partial charge in [-0.1, -0.05) is 24.3 Å². The Bertz CT molecular complexity index is 644. The molecule has 1 saturated heterocycles. The predicted molar refractivity (Wildman–Crippen MR) is 93.0 cm³/mol. The van der Waals surface area contributed by atoms with Gasteiger partial charge in [0.05, 0.1) is 19.8 Å².